The zero-order valence-corrected chi connectivity index (χ0v) is 9.89. The molecule has 84 valence electrons. The minimum atomic E-state index is -1.14. The number of halogens is 1. The fraction of sp³-hybridized carbons (Fsp3) is 0.100. The molecule has 0 aliphatic rings. The second kappa shape index (κ2) is 4.89. The van der Waals surface area contributed by atoms with Crippen molar-refractivity contribution in [3.05, 3.63) is 43.9 Å². The summed E-state index contributed by atoms with van der Waals surface area (Å²) in [4.78, 5) is 20.7. The van der Waals surface area contributed by atoms with Crippen LogP contribution in [0.5, 0.6) is 0 Å². The Bertz CT molecular complexity index is 482. The molecule has 0 spiro atoms. The molecule has 0 saturated carbocycles. The molecule has 0 aromatic heterocycles. The summed E-state index contributed by atoms with van der Waals surface area (Å²) in [7, 11) is 0. The number of aliphatic carboxylic acids is 1. The van der Waals surface area contributed by atoms with Gasteiger partial charge in [0.1, 0.15) is 0 Å². The largest absolute Gasteiger partial charge is 0.478 e. The first-order chi connectivity index (χ1) is 7.43. The number of nitrogens with zero attached hydrogens (tertiary/aromatic N) is 1. The van der Waals surface area contributed by atoms with Gasteiger partial charge in [-0.2, -0.15) is 0 Å². The summed E-state index contributed by atoms with van der Waals surface area (Å²) in [6, 6.07) is 3.24. The van der Waals surface area contributed by atoms with Gasteiger partial charge in [-0.05, 0) is 40.6 Å². The zero-order chi connectivity index (χ0) is 12.3. The number of nitro benzene ring substituents is 1. The van der Waals surface area contributed by atoms with E-state index in [1.807, 2.05) is 0 Å². The molecule has 1 aromatic carbocycles. The van der Waals surface area contributed by atoms with Crippen molar-refractivity contribution in [2.45, 2.75) is 6.92 Å². The highest BCUT2D eigenvalue weighted by atomic mass is 79.9. The standard InChI is InChI=1S/C10H8BrNO4/c1-6-2-4-8(11)10(12(15)16)7(6)3-5-9(13)14/h2-5H,1H3,(H,13,14)/b5-3+. The number of carbonyl (C=O) groups is 1. The number of aryl methyl sites for hydroxylation is 1. The van der Waals surface area contributed by atoms with Gasteiger partial charge in [-0.3, -0.25) is 10.1 Å². The molecule has 0 fully saturated rings. The van der Waals surface area contributed by atoms with Crippen LogP contribution in [0.4, 0.5) is 5.69 Å². The van der Waals surface area contributed by atoms with Crippen molar-refractivity contribution in [3.8, 4) is 0 Å². The van der Waals surface area contributed by atoms with E-state index in [1.54, 1.807) is 19.1 Å². The van der Waals surface area contributed by atoms with Crippen LogP contribution in [0.25, 0.3) is 6.08 Å². The predicted molar refractivity (Wildman–Crippen MR) is 62.2 cm³/mol. The molecule has 0 heterocycles. The average Bonchev–Trinajstić information content (AvgIpc) is 2.18. The minimum absolute atomic E-state index is 0.127. The van der Waals surface area contributed by atoms with Gasteiger partial charge >= 0.3 is 5.97 Å². The molecule has 0 saturated heterocycles. The van der Waals surface area contributed by atoms with Crippen LogP contribution in [0.1, 0.15) is 11.1 Å². The van der Waals surface area contributed by atoms with Gasteiger partial charge < -0.3 is 5.11 Å². The summed E-state index contributed by atoms with van der Waals surface area (Å²) in [6.07, 6.45) is 2.10. The van der Waals surface area contributed by atoms with E-state index in [-0.39, 0.29) is 5.69 Å². The van der Waals surface area contributed by atoms with Gasteiger partial charge in [0.2, 0.25) is 0 Å². The smallest absolute Gasteiger partial charge is 0.328 e. The van der Waals surface area contributed by atoms with Crippen LogP contribution in [0, 0.1) is 17.0 Å². The number of rotatable bonds is 3. The first-order valence-corrected chi connectivity index (χ1v) is 5.07. The number of carboxylic acid groups (broad SMARTS) is 1. The third-order valence-corrected chi connectivity index (χ3v) is 2.60. The predicted octanol–water partition coefficient (Wildman–Crippen LogP) is 2.76. The van der Waals surface area contributed by atoms with E-state index in [2.05, 4.69) is 15.9 Å². The van der Waals surface area contributed by atoms with E-state index in [4.69, 9.17) is 5.11 Å². The molecular weight excluding hydrogens is 278 g/mol. The Balaban J connectivity index is 3.40. The van der Waals surface area contributed by atoms with Gasteiger partial charge in [-0.25, -0.2) is 4.79 Å². The maximum atomic E-state index is 10.8. The monoisotopic (exact) mass is 285 g/mol. The van der Waals surface area contributed by atoms with Crippen LogP contribution in [0.15, 0.2) is 22.7 Å². The molecular formula is C10H8BrNO4. The molecule has 1 N–H and O–H groups in total. The number of nitro groups is 1. The lowest BCUT2D eigenvalue weighted by molar-refractivity contribution is -0.385. The second-order valence-electron chi connectivity index (χ2n) is 3.06. The molecule has 16 heavy (non-hydrogen) atoms. The lowest BCUT2D eigenvalue weighted by Crippen LogP contribution is -1.96. The molecule has 1 rings (SSSR count). The summed E-state index contributed by atoms with van der Waals surface area (Å²) in [5.41, 5.74) is 0.812. The van der Waals surface area contributed by atoms with Crippen LogP contribution in [0.2, 0.25) is 0 Å². The molecule has 0 atom stereocenters. The third kappa shape index (κ3) is 2.66. The highest BCUT2D eigenvalue weighted by Gasteiger charge is 2.18. The Hall–Kier alpha value is -1.69. The maximum absolute atomic E-state index is 10.8. The van der Waals surface area contributed by atoms with Crippen molar-refractivity contribution in [1.82, 2.24) is 0 Å². The van der Waals surface area contributed by atoms with Crippen molar-refractivity contribution in [1.29, 1.82) is 0 Å². The number of carboxylic acids is 1. The molecule has 0 bridgehead atoms. The normalized spacial score (nSPS) is 10.6. The molecule has 1 aromatic rings. The van der Waals surface area contributed by atoms with E-state index >= 15 is 0 Å². The lowest BCUT2D eigenvalue weighted by atomic mass is 10.1. The van der Waals surface area contributed by atoms with Crippen molar-refractivity contribution in [2.75, 3.05) is 0 Å². The number of hydrogen-bond acceptors (Lipinski definition) is 3. The van der Waals surface area contributed by atoms with E-state index < -0.39 is 10.9 Å². The first-order valence-electron chi connectivity index (χ1n) is 4.28. The van der Waals surface area contributed by atoms with Gasteiger partial charge in [0, 0.05) is 6.08 Å². The van der Waals surface area contributed by atoms with Crippen molar-refractivity contribution in [3.63, 3.8) is 0 Å². The van der Waals surface area contributed by atoms with Crippen LogP contribution >= 0.6 is 15.9 Å². The second-order valence-corrected chi connectivity index (χ2v) is 3.91. The zero-order valence-electron chi connectivity index (χ0n) is 8.31. The summed E-state index contributed by atoms with van der Waals surface area (Å²) in [5, 5.41) is 19.3. The van der Waals surface area contributed by atoms with E-state index in [0.717, 1.165) is 6.08 Å². The van der Waals surface area contributed by atoms with Crippen LogP contribution < -0.4 is 0 Å². The molecule has 6 heteroatoms. The van der Waals surface area contributed by atoms with E-state index in [1.165, 1.54) is 6.08 Å². The van der Waals surface area contributed by atoms with E-state index in [9.17, 15) is 14.9 Å². The molecule has 0 aliphatic carbocycles. The molecule has 5 nitrogen and oxygen atoms in total. The number of hydrogen-bond donors (Lipinski definition) is 1. The Kier molecular flexibility index (Phi) is 3.78. The van der Waals surface area contributed by atoms with Crippen LogP contribution in [-0.4, -0.2) is 16.0 Å². The topological polar surface area (TPSA) is 80.4 Å². The SMILES string of the molecule is Cc1ccc(Br)c([N+](=O)[O-])c1/C=C/C(=O)O. The van der Waals surface area contributed by atoms with Gasteiger partial charge in [0.15, 0.2) is 0 Å². The average molecular weight is 286 g/mol. The molecule has 0 amide bonds. The highest BCUT2D eigenvalue weighted by molar-refractivity contribution is 9.10. The van der Waals surface area contributed by atoms with Gasteiger partial charge in [0.05, 0.1) is 15.0 Å². The summed E-state index contributed by atoms with van der Waals surface area (Å²) in [6.45, 7) is 1.68. The maximum Gasteiger partial charge on any atom is 0.328 e. The summed E-state index contributed by atoms with van der Waals surface area (Å²) in [5.74, 6) is -1.14. The Morgan fingerprint density at radius 3 is 2.69 bits per heavy atom. The molecule has 0 unspecified atom stereocenters. The van der Waals surface area contributed by atoms with Gasteiger partial charge in [-0.1, -0.05) is 6.07 Å². The fourth-order valence-corrected chi connectivity index (χ4v) is 1.72. The first kappa shape index (κ1) is 12.4. The fourth-order valence-electron chi connectivity index (χ4n) is 1.23. The minimum Gasteiger partial charge on any atom is -0.478 e. The Morgan fingerprint density at radius 2 is 2.19 bits per heavy atom. The van der Waals surface area contributed by atoms with Crippen molar-refractivity contribution in [2.24, 2.45) is 0 Å². The van der Waals surface area contributed by atoms with Gasteiger partial charge in [-0.15, -0.1) is 0 Å². The molecule has 0 aliphatic heterocycles. The molecule has 0 radical (unpaired) electrons. The van der Waals surface area contributed by atoms with Gasteiger partial charge in [0.25, 0.3) is 5.69 Å². The van der Waals surface area contributed by atoms with Crippen LogP contribution in [0.3, 0.4) is 0 Å². The highest BCUT2D eigenvalue weighted by Crippen LogP contribution is 2.31. The quantitative estimate of drug-likeness (QED) is 0.526. The third-order valence-electron chi connectivity index (χ3n) is 1.96. The Labute approximate surface area is 99.7 Å². The summed E-state index contributed by atoms with van der Waals surface area (Å²) < 4.78 is 0.327. The Morgan fingerprint density at radius 1 is 1.56 bits per heavy atom. The lowest BCUT2D eigenvalue weighted by Gasteiger charge is -2.03. The van der Waals surface area contributed by atoms with E-state index in [0.29, 0.717) is 15.6 Å². The van der Waals surface area contributed by atoms with Crippen molar-refractivity contribution >= 4 is 33.7 Å². The van der Waals surface area contributed by atoms with Crippen molar-refractivity contribution < 1.29 is 14.8 Å². The number of benzene rings is 1. The summed E-state index contributed by atoms with van der Waals surface area (Å²) >= 11 is 3.07. The van der Waals surface area contributed by atoms with Crippen LogP contribution in [-0.2, 0) is 4.79 Å².